The molecule has 0 radical (unpaired) electrons. The van der Waals surface area contributed by atoms with Crippen LogP contribution in [0, 0.1) is 11.8 Å². The maximum atomic E-state index is 13.4. The van der Waals surface area contributed by atoms with Gasteiger partial charge in [-0.1, -0.05) is 23.7 Å². The summed E-state index contributed by atoms with van der Waals surface area (Å²) in [5.74, 6) is 0.517. The molecule has 2 N–H and O–H groups in total. The van der Waals surface area contributed by atoms with Crippen LogP contribution in [0.3, 0.4) is 0 Å². The van der Waals surface area contributed by atoms with E-state index in [0.717, 1.165) is 49.4 Å². The van der Waals surface area contributed by atoms with Crippen LogP contribution >= 0.6 is 11.6 Å². The first kappa shape index (κ1) is 29.5. The van der Waals surface area contributed by atoms with Gasteiger partial charge in [-0.2, -0.15) is 12.7 Å². The number of benzene rings is 2. The lowest BCUT2D eigenvalue weighted by molar-refractivity contribution is 0.00899. The van der Waals surface area contributed by atoms with Crippen LogP contribution in [0.25, 0.3) is 0 Å². The van der Waals surface area contributed by atoms with Crippen LogP contribution in [-0.4, -0.2) is 62.6 Å². The predicted molar refractivity (Wildman–Crippen MR) is 164 cm³/mol. The molecule has 2 aromatic rings. The molecule has 8 nitrogen and oxygen atoms in total. The number of rotatable bonds is 2. The summed E-state index contributed by atoms with van der Waals surface area (Å²) in [6.45, 7) is 5.96. The Labute approximate surface area is 253 Å². The van der Waals surface area contributed by atoms with Gasteiger partial charge < -0.3 is 14.7 Å². The molecule has 2 aliphatic carbocycles. The molecule has 2 bridgehead atoms. The van der Waals surface area contributed by atoms with Crippen LogP contribution in [0.1, 0.15) is 66.4 Å². The first-order chi connectivity index (χ1) is 20.2. The Balaban J connectivity index is 1.40. The Hall–Kier alpha value is -2.59. The second-order valence-electron chi connectivity index (χ2n) is 12.4. The number of aryl methyl sites for hydroxylation is 1. The molecule has 4 aliphatic rings. The van der Waals surface area contributed by atoms with E-state index in [0.29, 0.717) is 44.1 Å². The van der Waals surface area contributed by atoms with Crippen LogP contribution in [0.5, 0.6) is 5.75 Å². The van der Waals surface area contributed by atoms with E-state index >= 15 is 0 Å². The summed E-state index contributed by atoms with van der Waals surface area (Å²) < 4.78 is 36.4. The SMILES string of the molecule is C=CCN1CCCCC(O)[C@@H]2CC[C@H]2CN2C[C@@]3(CCCc4cc(Cl)ccc43)COc3ccc(cc32)C(=O)NS1(=O)=O. The average molecular weight is 614 g/mol. The van der Waals surface area contributed by atoms with Crippen molar-refractivity contribution >= 4 is 33.4 Å². The smallest absolute Gasteiger partial charge is 0.304 e. The molecular weight excluding hydrogens is 574 g/mol. The van der Waals surface area contributed by atoms with Gasteiger partial charge in [-0.15, -0.1) is 6.58 Å². The quantitative estimate of drug-likeness (QED) is 0.470. The molecule has 0 aromatic heterocycles. The summed E-state index contributed by atoms with van der Waals surface area (Å²) in [7, 11) is -4.09. The summed E-state index contributed by atoms with van der Waals surface area (Å²) in [5.41, 5.74) is 3.30. The van der Waals surface area contributed by atoms with Gasteiger partial charge in [0.05, 0.1) is 18.4 Å². The van der Waals surface area contributed by atoms with Crippen molar-refractivity contribution in [3.05, 3.63) is 70.8 Å². The number of anilines is 1. The van der Waals surface area contributed by atoms with Gasteiger partial charge in [0.1, 0.15) is 5.75 Å². The maximum absolute atomic E-state index is 13.4. The minimum atomic E-state index is -4.09. The van der Waals surface area contributed by atoms with Crippen LogP contribution in [0.4, 0.5) is 5.69 Å². The molecule has 2 aliphatic heterocycles. The predicted octanol–water partition coefficient (Wildman–Crippen LogP) is 4.85. The van der Waals surface area contributed by atoms with E-state index in [1.807, 2.05) is 6.07 Å². The number of hydrogen-bond donors (Lipinski definition) is 2. The van der Waals surface area contributed by atoms with E-state index in [1.54, 1.807) is 18.2 Å². The summed E-state index contributed by atoms with van der Waals surface area (Å²) >= 11 is 6.38. The van der Waals surface area contributed by atoms with E-state index in [-0.39, 0.29) is 30.0 Å². The maximum Gasteiger partial charge on any atom is 0.304 e. The van der Waals surface area contributed by atoms with Crippen LogP contribution < -0.4 is 14.4 Å². The molecule has 1 saturated carbocycles. The van der Waals surface area contributed by atoms with Crippen molar-refractivity contribution in [2.45, 2.75) is 62.9 Å². The molecule has 226 valence electrons. The molecule has 1 spiro atoms. The van der Waals surface area contributed by atoms with Gasteiger partial charge in [0, 0.05) is 42.2 Å². The fourth-order valence-corrected chi connectivity index (χ4v) is 8.76. The number of nitrogens with zero attached hydrogens (tertiary/aromatic N) is 2. The van der Waals surface area contributed by atoms with E-state index in [4.69, 9.17) is 16.3 Å². The highest BCUT2D eigenvalue weighted by molar-refractivity contribution is 7.87. The highest BCUT2D eigenvalue weighted by Crippen LogP contribution is 2.47. The highest BCUT2D eigenvalue weighted by atomic mass is 35.5. The third-order valence-corrected chi connectivity index (χ3v) is 11.5. The summed E-state index contributed by atoms with van der Waals surface area (Å²) in [5, 5.41) is 11.9. The lowest BCUT2D eigenvalue weighted by Gasteiger charge is -2.45. The van der Waals surface area contributed by atoms with Gasteiger partial charge >= 0.3 is 10.2 Å². The zero-order valence-electron chi connectivity index (χ0n) is 23.9. The minimum Gasteiger partial charge on any atom is -0.490 e. The molecule has 6 rings (SSSR count). The van der Waals surface area contributed by atoms with Crippen molar-refractivity contribution in [2.75, 3.05) is 37.7 Å². The number of carbonyl (C=O) groups is 1. The molecule has 2 aromatic carbocycles. The third kappa shape index (κ3) is 5.68. The molecule has 2 heterocycles. The molecular formula is C32H40ClN3O5S. The number of fused-ring (bicyclic) bond motifs is 4. The first-order valence-corrected chi connectivity index (χ1v) is 16.9. The molecule has 10 heteroatoms. The number of amides is 1. The number of carbonyl (C=O) groups excluding carboxylic acids is 1. The normalized spacial score (nSPS) is 29.7. The lowest BCUT2D eigenvalue weighted by Crippen LogP contribution is -2.49. The third-order valence-electron chi connectivity index (χ3n) is 9.78. The molecule has 1 fully saturated rings. The van der Waals surface area contributed by atoms with Gasteiger partial charge in [-0.3, -0.25) is 4.79 Å². The van der Waals surface area contributed by atoms with Crippen molar-refractivity contribution in [3.63, 3.8) is 0 Å². The lowest BCUT2D eigenvalue weighted by atomic mass is 9.68. The second-order valence-corrected chi connectivity index (χ2v) is 14.5. The van der Waals surface area contributed by atoms with Crippen LogP contribution in [0.2, 0.25) is 5.02 Å². The monoisotopic (exact) mass is 613 g/mol. The zero-order chi connectivity index (χ0) is 29.5. The number of ether oxygens (including phenoxy) is 1. The Morgan fingerprint density at radius 2 is 2.00 bits per heavy atom. The molecule has 42 heavy (non-hydrogen) atoms. The van der Waals surface area contributed by atoms with Crippen LogP contribution in [-0.2, 0) is 22.0 Å². The zero-order valence-corrected chi connectivity index (χ0v) is 25.5. The molecule has 4 atom stereocenters. The highest BCUT2D eigenvalue weighted by Gasteiger charge is 2.44. The van der Waals surface area contributed by atoms with E-state index in [2.05, 4.69) is 28.3 Å². The minimum absolute atomic E-state index is 0.0937. The van der Waals surface area contributed by atoms with E-state index in [1.165, 1.54) is 21.5 Å². The second kappa shape index (κ2) is 11.8. The van der Waals surface area contributed by atoms with Crippen molar-refractivity contribution in [2.24, 2.45) is 11.8 Å². The topological polar surface area (TPSA) is 99.2 Å². The van der Waals surface area contributed by atoms with Crippen molar-refractivity contribution < 1.29 is 23.1 Å². The van der Waals surface area contributed by atoms with Crippen molar-refractivity contribution in [1.29, 1.82) is 0 Å². The average Bonchev–Trinajstić information content (AvgIpc) is 3.09. The van der Waals surface area contributed by atoms with Gasteiger partial charge in [0.2, 0.25) is 0 Å². The molecule has 1 amide bonds. The number of hydrogen-bond acceptors (Lipinski definition) is 6. The number of aliphatic hydroxyl groups excluding tert-OH is 1. The number of aliphatic hydroxyl groups is 1. The van der Waals surface area contributed by atoms with E-state index in [9.17, 15) is 18.3 Å². The van der Waals surface area contributed by atoms with Gasteiger partial charge in [-0.05, 0) is 105 Å². The molecule has 0 saturated heterocycles. The number of halogens is 1. The van der Waals surface area contributed by atoms with Gasteiger partial charge in [-0.25, -0.2) is 4.72 Å². The summed E-state index contributed by atoms with van der Waals surface area (Å²) in [6.07, 6.45) is 7.98. The Kier molecular flexibility index (Phi) is 8.30. The van der Waals surface area contributed by atoms with Crippen molar-refractivity contribution in [1.82, 2.24) is 9.03 Å². The van der Waals surface area contributed by atoms with Gasteiger partial charge in [0.25, 0.3) is 5.91 Å². The van der Waals surface area contributed by atoms with E-state index < -0.39 is 22.2 Å². The largest absolute Gasteiger partial charge is 0.490 e. The summed E-state index contributed by atoms with van der Waals surface area (Å²) in [4.78, 5) is 15.7. The Morgan fingerprint density at radius 1 is 1.14 bits per heavy atom. The number of nitrogens with one attached hydrogen (secondary N) is 1. The standard InChI is InChI=1S/C32H40ClN3O5S/c1-2-15-36-16-4-3-7-29(37)26-11-8-24(26)19-35-20-32(14-5-6-22-17-25(33)10-12-27(22)32)21-41-30-13-9-23(18-28(30)35)31(38)34-42(36,39)40/h2,9-10,12-13,17-18,24,26,29,37H,1,3-8,11,14-16,19-21H2,(H,34,38)/t24-,26+,29?,32-/m0/s1. The first-order valence-electron chi connectivity index (χ1n) is 15.1. The fraction of sp³-hybridized carbons (Fsp3) is 0.531. The summed E-state index contributed by atoms with van der Waals surface area (Å²) in [6, 6.07) is 11.3. The van der Waals surface area contributed by atoms with Crippen LogP contribution in [0.15, 0.2) is 49.1 Å². The van der Waals surface area contributed by atoms with Crippen molar-refractivity contribution in [3.8, 4) is 5.75 Å². The fourth-order valence-electron chi connectivity index (χ4n) is 7.42. The Bertz CT molecular complexity index is 1470. The Morgan fingerprint density at radius 3 is 2.79 bits per heavy atom. The molecule has 1 unspecified atom stereocenters. The van der Waals surface area contributed by atoms with Gasteiger partial charge in [0.15, 0.2) is 0 Å².